The van der Waals surface area contributed by atoms with Gasteiger partial charge in [0.1, 0.15) is 5.75 Å². The molecule has 2 rings (SSSR count). The van der Waals surface area contributed by atoms with Crippen LogP contribution in [0.3, 0.4) is 0 Å². The van der Waals surface area contributed by atoms with Crippen molar-refractivity contribution in [3.63, 3.8) is 0 Å². The fourth-order valence-corrected chi connectivity index (χ4v) is 2.18. The molecule has 0 heterocycles. The Balaban J connectivity index is 2.21. The van der Waals surface area contributed by atoms with E-state index in [9.17, 15) is 4.79 Å². The van der Waals surface area contributed by atoms with Crippen molar-refractivity contribution in [2.45, 2.75) is 19.3 Å². The Morgan fingerprint density at radius 3 is 3.00 bits per heavy atom. The Kier molecular flexibility index (Phi) is 3.10. The first-order valence-electron chi connectivity index (χ1n) is 5.34. The number of fused-ring (bicyclic) bond motifs is 1. The quantitative estimate of drug-likeness (QED) is 0.584. The number of hydrogen-bond acceptors (Lipinski definition) is 3. The number of rotatable bonds is 2. The predicted octanol–water partition coefficient (Wildman–Crippen LogP) is 1.31. The molecule has 1 aliphatic carbocycles. The summed E-state index contributed by atoms with van der Waals surface area (Å²) in [5, 5.41) is 8.61. The van der Waals surface area contributed by atoms with Crippen LogP contribution in [0.5, 0.6) is 5.75 Å². The van der Waals surface area contributed by atoms with Gasteiger partial charge in [-0.3, -0.25) is 10.0 Å². The molecule has 4 nitrogen and oxygen atoms in total. The van der Waals surface area contributed by atoms with E-state index < -0.39 is 0 Å². The van der Waals surface area contributed by atoms with Crippen LogP contribution in [0.25, 0.3) is 0 Å². The number of methoxy groups -OCH3 is 1. The number of carbonyl (C=O) groups is 1. The molecular formula is C12H15NO3. The highest BCUT2D eigenvalue weighted by atomic mass is 16.5. The first kappa shape index (κ1) is 11.0. The highest BCUT2D eigenvalue weighted by molar-refractivity contribution is 5.78. The molecule has 16 heavy (non-hydrogen) atoms. The molecule has 1 aromatic rings. The molecule has 1 atom stereocenters. The summed E-state index contributed by atoms with van der Waals surface area (Å²) in [7, 11) is 1.63. The van der Waals surface area contributed by atoms with Gasteiger partial charge in [-0.25, -0.2) is 5.48 Å². The van der Waals surface area contributed by atoms with Gasteiger partial charge in [0.05, 0.1) is 7.11 Å². The van der Waals surface area contributed by atoms with Crippen molar-refractivity contribution in [3.8, 4) is 5.75 Å². The fraction of sp³-hybridized carbons (Fsp3) is 0.417. The summed E-state index contributed by atoms with van der Waals surface area (Å²) >= 11 is 0. The zero-order chi connectivity index (χ0) is 11.5. The van der Waals surface area contributed by atoms with Crippen molar-refractivity contribution < 1.29 is 14.7 Å². The zero-order valence-corrected chi connectivity index (χ0v) is 9.19. The predicted molar refractivity (Wildman–Crippen MR) is 58.4 cm³/mol. The summed E-state index contributed by atoms with van der Waals surface area (Å²) in [6, 6.07) is 5.94. The Labute approximate surface area is 94.2 Å². The Hall–Kier alpha value is -1.55. The monoisotopic (exact) mass is 221 g/mol. The van der Waals surface area contributed by atoms with Gasteiger partial charge in [0, 0.05) is 5.92 Å². The maximum absolute atomic E-state index is 11.3. The van der Waals surface area contributed by atoms with E-state index in [1.54, 1.807) is 12.6 Å². The maximum atomic E-state index is 11.3. The van der Waals surface area contributed by atoms with Crippen LogP contribution in [0.15, 0.2) is 18.2 Å². The van der Waals surface area contributed by atoms with Gasteiger partial charge in [-0.05, 0) is 42.5 Å². The van der Waals surface area contributed by atoms with Crippen LogP contribution in [-0.2, 0) is 17.6 Å². The number of amides is 1. The van der Waals surface area contributed by atoms with Gasteiger partial charge >= 0.3 is 0 Å². The van der Waals surface area contributed by atoms with E-state index >= 15 is 0 Å². The molecule has 0 aromatic heterocycles. The first-order valence-corrected chi connectivity index (χ1v) is 5.34. The summed E-state index contributed by atoms with van der Waals surface area (Å²) in [5.41, 5.74) is 4.13. The van der Waals surface area contributed by atoms with Crippen molar-refractivity contribution in [1.82, 2.24) is 5.48 Å². The number of aryl methyl sites for hydroxylation is 1. The molecule has 0 radical (unpaired) electrons. The van der Waals surface area contributed by atoms with Crippen LogP contribution in [0, 0.1) is 5.92 Å². The number of ether oxygens (including phenoxy) is 1. The third-order valence-corrected chi connectivity index (χ3v) is 3.12. The highest BCUT2D eigenvalue weighted by Crippen LogP contribution is 2.28. The van der Waals surface area contributed by atoms with Gasteiger partial charge in [0.2, 0.25) is 5.91 Å². The van der Waals surface area contributed by atoms with Crippen LogP contribution in [0.2, 0.25) is 0 Å². The second-order valence-electron chi connectivity index (χ2n) is 4.05. The number of hydroxylamine groups is 1. The summed E-state index contributed by atoms with van der Waals surface area (Å²) < 4.78 is 5.15. The van der Waals surface area contributed by atoms with E-state index in [1.165, 1.54) is 5.56 Å². The van der Waals surface area contributed by atoms with Crippen molar-refractivity contribution in [2.75, 3.05) is 7.11 Å². The number of carbonyl (C=O) groups excluding carboxylic acids is 1. The van der Waals surface area contributed by atoms with Crippen molar-refractivity contribution in [3.05, 3.63) is 29.3 Å². The third kappa shape index (κ3) is 2.02. The molecule has 1 amide bonds. The van der Waals surface area contributed by atoms with E-state index in [2.05, 4.69) is 0 Å². The molecule has 0 saturated carbocycles. The topological polar surface area (TPSA) is 58.6 Å². The largest absolute Gasteiger partial charge is 0.497 e. The normalized spacial score (nSPS) is 18.8. The van der Waals surface area contributed by atoms with Crippen LogP contribution < -0.4 is 10.2 Å². The molecule has 86 valence electrons. The van der Waals surface area contributed by atoms with Gasteiger partial charge < -0.3 is 4.74 Å². The molecular weight excluding hydrogens is 206 g/mol. The lowest BCUT2D eigenvalue weighted by molar-refractivity contribution is -0.133. The Bertz CT molecular complexity index is 403. The molecule has 1 aromatic carbocycles. The standard InChI is InChI=1S/C12H15NO3/c1-16-11-5-4-8-2-3-9(12(14)13-15)6-10(8)7-11/h4-5,7,9,15H,2-3,6H2,1H3,(H,13,14). The molecule has 0 saturated heterocycles. The lowest BCUT2D eigenvalue weighted by Crippen LogP contribution is -2.31. The second kappa shape index (κ2) is 4.53. The summed E-state index contributed by atoms with van der Waals surface area (Å²) in [6.45, 7) is 0. The molecule has 0 spiro atoms. The lowest BCUT2D eigenvalue weighted by Gasteiger charge is -2.23. The van der Waals surface area contributed by atoms with Crippen LogP contribution in [0.1, 0.15) is 17.5 Å². The smallest absolute Gasteiger partial charge is 0.246 e. The maximum Gasteiger partial charge on any atom is 0.246 e. The van der Waals surface area contributed by atoms with E-state index in [0.29, 0.717) is 6.42 Å². The number of hydrogen-bond donors (Lipinski definition) is 2. The minimum atomic E-state index is -0.298. The number of nitrogens with one attached hydrogen (secondary N) is 1. The van der Waals surface area contributed by atoms with Gasteiger partial charge in [-0.1, -0.05) is 6.07 Å². The molecule has 1 aliphatic rings. The van der Waals surface area contributed by atoms with Crippen LogP contribution >= 0.6 is 0 Å². The molecule has 0 fully saturated rings. The average molecular weight is 221 g/mol. The summed E-state index contributed by atoms with van der Waals surface area (Å²) in [6.07, 6.45) is 2.32. The van der Waals surface area contributed by atoms with Crippen LogP contribution in [-0.4, -0.2) is 18.2 Å². The highest BCUT2D eigenvalue weighted by Gasteiger charge is 2.24. The molecule has 0 aliphatic heterocycles. The van der Waals surface area contributed by atoms with E-state index in [-0.39, 0.29) is 11.8 Å². The minimum absolute atomic E-state index is 0.135. The minimum Gasteiger partial charge on any atom is -0.497 e. The van der Waals surface area contributed by atoms with Crippen LogP contribution in [0.4, 0.5) is 0 Å². The van der Waals surface area contributed by atoms with Gasteiger partial charge in [-0.2, -0.15) is 0 Å². The molecule has 1 unspecified atom stereocenters. The Morgan fingerprint density at radius 2 is 2.31 bits per heavy atom. The van der Waals surface area contributed by atoms with Crippen molar-refractivity contribution >= 4 is 5.91 Å². The average Bonchev–Trinajstić information content (AvgIpc) is 2.36. The van der Waals surface area contributed by atoms with E-state index in [1.807, 2.05) is 18.2 Å². The van der Waals surface area contributed by atoms with Gasteiger partial charge in [0.15, 0.2) is 0 Å². The second-order valence-corrected chi connectivity index (χ2v) is 4.05. The first-order chi connectivity index (χ1) is 7.74. The van der Waals surface area contributed by atoms with E-state index in [0.717, 1.165) is 24.2 Å². The third-order valence-electron chi connectivity index (χ3n) is 3.12. The lowest BCUT2D eigenvalue weighted by atomic mass is 9.83. The van der Waals surface area contributed by atoms with Gasteiger partial charge in [-0.15, -0.1) is 0 Å². The number of benzene rings is 1. The van der Waals surface area contributed by atoms with Gasteiger partial charge in [0.25, 0.3) is 0 Å². The summed E-state index contributed by atoms with van der Waals surface area (Å²) in [5.74, 6) is 0.377. The Morgan fingerprint density at radius 1 is 1.50 bits per heavy atom. The van der Waals surface area contributed by atoms with Crippen molar-refractivity contribution in [2.24, 2.45) is 5.92 Å². The SMILES string of the molecule is COc1ccc2c(c1)CC(C(=O)NO)CC2. The molecule has 0 bridgehead atoms. The fourth-order valence-electron chi connectivity index (χ4n) is 2.18. The zero-order valence-electron chi connectivity index (χ0n) is 9.19. The molecule has 2 N–H and O–H groups in total. The van der Waals surface area contributed by atoms with E-state index in [4.69, 9.17) is 9.94 Å². The van der Waals surface area contributed by atoms with Crippen molar-refractivity contribution in [1.29, 1.82) is 0 Å². The summed E-state index contributed by atoms with van der Waals surface area (Å²) in [4.78, 5) is 11.3. The molecule has 4 heteroatoms.